The summed E-state index contributed by atoms with van der Waals surface area (Å²) in [6.45, 7) is 0.0744. The summed E-state index contributed by atoms with van der Waals surface area (Å²) in [5, 5.41) is 11.9. The predicted molar refractivity (Wildman–Crippen MR) is 78.7 cm³/mol. The molecule has 0 aliphatic carbocycles. The van der Waals surface area contributed by atoms with Crippen molar-refractivity contribution in [1.82, 2.24) is 25.0 Å². The quantitative estimate of drug-likeness (QED) is 0.571. The van der Waals surface area contributed by atoms with E-state index in [1.807, 2.05) is 54.2 Å². The predicted octanol–water partition coefficient (Wildman–Crippen LogP) is 0.920. The first kappa shape index (κ1) is 13.0. The standard InChI is InChI=1S/C14H14N6O/c1-19-8-4-5-11(19)9-15-17-14(21)10-20-13-7-3-2-6-12(13)16-18-20/h2-9H,10H2,1H3,(H,17,21)/b15-9-. The summed E-state index contributed by atoms with van der Waals surface area (Å²) in [6, 6.07) is 11.3. The summed E-state index contributed by atoms with van der Waals surface area (Å²) >= 11 is 0. The molecule has 3 rings (SSSR count). The first-order valence-electron chi connectivity index (χ1n) is 6.45. The van der Waals surface area contributed by atoms with E-state index >= 15 is 0 Å². The Labute approximate surface area is 120 Å². The highest BCUT2D eigenvalue weighted by molar-refractivity contribution is 5.82. The third kappa shape index (κ3) is 2.81. The van der Waals surface area contributed by atoms with Crippen LogP contribution in [0.25, 0.3) is 11.0 Å². The number of carbonyl (C=O) groups is 1. The van der Waals surface area contributed by atoms with E-state index in [0.717, 1.165) is 16.7 Å². The average molecular weight is 282 g/mol. The fourth-order valence-electron chi connectivity index (χ4n) is 1.98. The Balaban J connectivity index is 1.64. The number of carbonyl (C=O) groups excluding carboxylic acids is 1. The molecule has 0 aliphatic heterocycles. The Kier molecular flexibility index (Phi) is 3.46. The van der Waals surface area contributed by atoms with Crippen LogP contribution in [0.1, 0.15) is 5.69 Å². The van der Waals surface area contributed by atoms with Crippen LogP contribution in [-0.2, 0) is 18.4 Å². The molecule has 7 nitrogen and oxygen atoms in total. The minimum Gasteiger partial charge on any atom is -0.350 e. The van der Waals surface area contributed by atoms with Gasteiger partial charge < -0.3 is 4.57 Å². The largest absolute Gasteiger partial charge is 0.350 e. The molecule has 7 heteroatoms. The molecule has 0 atom stereocenters. The van der Waals surface area contributed by atoms with E-state index in [9.17, 15) is 4.79 Å². The molecule has 0 aliphatic rings. The molecular weight excluding hydrogens is 268 g/mol. The number of hydrogen-bond acceptors (Lipinski definition) is 4. The average Bonchev–Trinajstić information content (AvgIpc) is 3.07. The summed E-state index contributed by atoms with van der Waals surface area (Å²) in [7, 11) is 1.91. The smallest absolute Gasteiger partial charge is 0.261 e. The van der Waals surface area contributed by atoms with Gasteiger partial charge in [-0.2, -0.15) is 5.10 Å². The van der Waals surface area contributed by atoms with E-state index in [-0.39, 0.29) is 12.5 Å². The summed E-state index contributed by atoms with van der Waals surface area (Å²) in [6.07, 6.45) is 3.50. The van der Waals surface area contributed by atoms with Gasteiger partial charge in [-0.15, -0.1) is 5.10 Å². The lowest BCUT2D eigenvalue weighted by molar-refractivity contribution is -0.121. The maximum atomic E-state index is 11.8. The fourth-order valence-corrected chi connectivity index (χ4v) is 1.98. The molecule has 0 bridgehead atoms. The monoisotopic (exact) mass is 282 g/mol. The number of benzene rings is 1. The second-order valence-corrected chi connectivity index (χ2v) is 4.57. The maximum absolute atomic E-state index is 11.8. The Bertz CT molecular complexity index is 801. The number of nitrogens with zero attached hydrogens (tertiary/aromatic N) is 5. The van der Waals surface area contributed by atoms with Crippen molar-refractivity contribution in [2.24, 2.45) is 12.1 Å². The summed E-state index contributed by atoms with van der Waals surface area (Å²) < 4.78 is 3.45. The zero-order valence-electron chi connectivity index (χ0n) is 11.5. The lowest BCUT2D eigenvalue weighted by Crippen LogP contribution is -2.23. The third-order valence-electron chi connectivity index (χ3n) is 3.08. The van der Waals surface area contributed by atoms with Crippen LogP contribution in [-0.4, -0.2) is 31.7 Å². The number of hydrogen-bond donors (Lipinski definition) is 1. The molecule has 0 radical (unpaired) electrons. The van der Waals surface area contributed by atoms with Crippen LogP contribution in [0, 0.1) is 0 Å². The van der Waals surface area contributed by atoms with E-state index in [0.29, 0.717) is 0 Å². The maximum Gasteiger partial charge on any atom is 0.261 e. The molecule has 0 saturated heterocycles. The van der Waals surface area contributed by atoms with Gasteiger partial charge in [0.1, 0.15) is 12.1 Å². The first-order chi connectivity index (χ1) is 10.2. The van der Waals surface area contributed by atoms with Crippen molar-refractivity contribution >= 4 is 23.2 Å². The molecule has 1 N–H and O–H groups in total. The molecule has 2 aromatic heterocycles. The molecule has 1 amide bonds. The topological polar surface area (TPSA) is 77.1 Å². The molecular formula is C14H14N6O. The minimum atomic E-state index is -0.254. The number of rotatable bonds is 4. The fraction of sp³-hybridized carbons (Fsp3) is 0.143. The van der Waals surface area contributed by atoms with Gasteiger partial charge in [0.15, 0.2) is 0 Å². The van der Waals surface area contributed by atoms with Crippen LogP contribution in [0.2, 0.25) is 0 Å². The van der Waals surface area contributed by atoms with E-state index in [1.165, 1.54) is 0 Å². The van der Waals surface area contributed by atoms with Crippen LogP contribution in [0.5, 0.6) is 0 Å². The number of amides is 1. The van der Waals surface area contributed by atoms with E-state index in [1.54, 1.807) is 10.9 Å². The van der Waals surface area contributed by atoms with Gasteiger partial charge in [0, 0.05) is 13.2 Å². The summed E-state index contributed by atoms with van der Waals surface area (Å²) in [5.41, 5.74) is 4.96. The highest BCUT2D eigenvalue weighted by Gasteiger charge is 2.07. The lowest BCUT2D eigenvalue weighted by atomic mass is 10.3. The first-order valence-corrected chi connectivity index (χ1v) is 6.45. The van der Waals surface area contributed by atoms with Crippen LogP contribution < -0.4 is 5.43 Å². The van der Waals surface area contributed by atoms with Gasteiger partial charge in [-0.3, -0.25) is 4.79 Å². The highest BCUT2D eigenvalue weighted by atomic mass is 16.2. The van der Waals surface area contributed by atoms with Gasteiger partial charge >= 0.3 is 0 Å². The van der Waals surface area contributed by atoms with Gasteiger partial charge in [-0.25, -0.2) is 10.1 Å². The summed E-state index contributed by atoms with van der Waals surface area (Å²) in [4.78, 5) is 11.8. The van der Waals surface area contributed by atoms with Crippen molar-refractivity contribution in [2.45, 2.75) is 6.54 Å². The molecule has 106 valence electrons. The molecule has 1 aromatic carbocycles. The van der Waals surface area contributed by atoms with Crippen LogP contribution in [0.4, 0.5) is 0 Å². The number of fused-ring (bicyclic) bond motifs is 1. The van der Waals surface area contributed by atoms with E-state index in [2.05, 4.69) is 20.8 Å². The van der Waals surface area contributed by atoms with E-state index in [4.69, 9.17) is 0 Å². The number of aromatic nitrogens is 4. The van der Waals surface area contributed by atoms with Crippen molar-refractivity contribution < 1.29 is 4.79 Å². The van der Waals surface area contributed by atoms with Crippen molar-refractivity contribution in [3.8, 4) is 0 Å². The zero-order chi connectivity index (χ0) is 14.7. The molecule has 21 heavy (non-hydrogen) atoms. The Morgan fingerprint density at radius 1 is 1.33 bits per heavy atom. The summed E-state index contributed by atoms with van der Waals surface area (Å²) in [5.74, 6) is -0.254. The Hall–Kier alpha value is -2.96. The van der Waals surface area contributed by atoms with Crippen LogP contribution in [0.3, 0.4) is 0 Å². The van der Waals surface area contributed by atoms with Crippen molar-refractivity contribution in [2.75, 3.05) is 0 Å². The number of para-hydroxylation sites is 1. The lowest BCUT2D eigenvalue weighted by Gasteiger charge is -2.01. The van der Waals surface area contributed by atoms with Crippen LogP contribution >= 0.6 is 0 Å². The second kappa shape index (κ2) is 5.58. The minimum absolute atomic E-state index is 0.0744. The SMILES string of the molecule is Cn1cccc1/C=N\NC(=O)Cn1nnc2ccccc21. The molecule has 0 fully saturated rings. The van der Waals surface area contributed by atoms with Gasteiger partial charge in [0.05, 0.1) is 17.4 Å². The Morgan fingerprint density at radius 3 is 3.00 bits per heavy atom. The van der Waals surface area contributed by atoms with Gasteiger partial charge in [0.25, 0.3) is 5.91 Å². The van der Waals surface area contributed by atoms with Crippen molar-refractivity contribution in [3.05, 3.63) is 48.3 Å². The number of hydrazone groups is 1. The molecule has 0 unspecified atom stereocenters. The van der Waals surface area contributed by atoms with Crippen LogP contribution in [0.15, 0.2) is 47.7 Å². The molecule has 2 heterocycles. The second-order valence-electron chi connectivity index (χ2n) is 4.57. The Morgan fingerprint density at radius 2 is 2.19 bits per heavy atom. The third-order valence-corrected chi connectivity index (χ3v) is 3.08. The van der Waals surface area contributed by atoms with E-state index < -0.39 is 0 Å². The van der Waals surface area contributed by atoms with Gasteiger partial charge in [-0.05, 0) is 24.3 Å². The number of nitrogens with one attached hydrogen (secondary N) is 1. The van der Waals surface area contributed by atoms with Gasteiger partial charge in [0.2, 0.25) is 0 Å². The highest BCUT2D eigenvalue weighted by Crippen LogP contribution is 2.09. The normalized spacial score (nSPS) is 11.3. The number of aryl methyl sites for hydroxylation is 1. The molecule has 3 aromatic rings. The van der Waals surface area contributed by atoms with Crippen molar-refractivity contribution in [3.63, 3.8) is 0 Å². The molecule has 0 spiro atoms. The van der Waals surface area contributed by atoms with Gasteiger partial charge in [-0.1, -0.05) is 17.3 Å². The molecule has 0 saturated carbocycles. The zero-order valence-corrected chi connectivity index (χ0v) is 11.5. The van der Waals surface area contributed by atoms with Crippen molar-refractivity contribution in [1.29, 1.82) is 0 Å².